The molecule has 1 aromatic carbocycles. The van der Waals surface area contributed by atoms with Gasteiger partial charge in [0, 0.05) is 17.4 Å². The van der Waals surface area contributed by atoms with Crippen molar-refractivity contribution in [2.75, 3.05) is 0 Å². The minimum atomic E-state index is -1.52. The van der Waals surface area contributed by atoms with Crippen molar-refractivity contribution in [2.24, 2.45) is 0 Å². The molecule has 1 amide bonds. The van der Waals surface area contributed by atoms with E-state index in [-0.39, 0.29) is 5.56 Å². The fourth-order valence-electron chi connectivity index (χ4n) is 2.08. The molecule has 0 saturated heterocycles. The maximum Gasteiger partial charge on any atom is 0.407 e. The highest BCUT2D eigenvalue weighted by Crippen LogP contribution is 2.24. The van der Waals surface area contributed by atoms with Gasteiger partial charge >= 0.3 is 6.09 Å². The fourth-order valence-corrected chi connectivity index (χ4v) is 3.01. The summed E-state index contributed by atoms with van der Waals surface area (Å²) in [6, 6.07) is 1.62. The quantitative estimate of drug-likeness (QED) is 0.746. The Kier molecular flexibility index (Phi) is 7.44. The van der Waals surface area contributed by atoms with E-state index < -0.39 is 51.5 Å². The molecule has 3 atom stereocenters. The van der Waals surface area contributed by atoms with Gasteiger partial charge in [-0.2, -0.15) is 0 Å². The van der Waals surface area contributed by atoms with Crippen molar-refractivity contribution in [3.05, 3.63) is 35.4 Å². The number of carbonyl (C=O) groups excluding carboxylic acids is 1. The third-order valence-electron chi connectivity index (χ3n) is 3.28. The Morgan fingerprint density at radius 1 is 1.12 bits per heavy atom. The lowest BCUT2D eigenvalue weighted by Crippen LogP contribution is -2.49. The van der Waals surface area contributed by atoms with Crippen LogP contribution in [0, 0.1) is 11.6 Å². The number of hydrogen-bond acceptors (Lipinski definition) is 4. The molecule has 0 saturated carbocycles. The zero-order valence-corrected chi connectivity index (χ0v) is 17.1. The SMILES string of the molecule is C[C@H](NC(=O)OC(C)(C)C)[C@H](N[S+]([O-])C(C)(C)C)c1cc(F)cc(F)c1. The number of carbonyl (C=O) groups is 1. The largest absolute Gasteiger partial charge is 0.598 e. The topological polar surface area (TPSA) is 73.4 Å². The molecule has 0 spiro atoms. The second-order valence-corrected chi connectivity index (χ2v) is 10.1. The Bertz CT molecular complexity index is 610. The van der Waals surface area contributed by atoms with E-state index in [9.17, 15) is 18.1 Å². The molecule has 0 aliphatic heterocycles. The molecular weight excluding hydrogens is 362 g/mol. The molecule has 1 aromatic rings. The van der Waals surface area contributed by atoms with Crippen LogP contribution in [-0.2, 0) is 16.1 Å². The van der Waals surface area contributed by atoms with E-state index in [2.05, 4.69) is 10.0 Å². The first-order valence-electron chi connectivity index (χ1n) is 8.32. The van der Waals surface area contributed by atoms with Crippen molar-refractivity contribution in [3.63, 3.8) is 0 Å². The number of benzene rings is 1. The number of alkyl carbamates (subject to hydrolysis) is 1. The summed E-state index contributed by atoms with van der Waals surface area (Å²) in [6.45, 7) is 12.1. The van der Waals surface area contributed by atoms with Crippen LogP contribution in [0.5, 0.6) is 0 Å². The van der Waals surface area contributed by atoms with Crippen molar-refractivity contribution in [2.45, 2.75) is 70.9 Å². The zero-order valence-electron chi connectivity index (χ0n) is 16.3. The van der Waals surface area contributed by atoms with Crippen LogP contribution in [0.15, 0.2) is 18.2 Å². The van der Waals surface area contributed by atoms with Gasteiger partial charge in [-0.15, -0.1) is 4.72 Å². The lowest BCUT2D eigenvalue weighted by Gasteiger charge is -2.32. The van der Waals surface area contributed by atoms with E-state index in [0.29, 0.717) is 0 Å². The number of rotatable bonds is 5. The van der Waals surface area contributed by atoms with Crippen LogP contribution >= 0.6 is 0 Å². The van der Waals surface area contributed by atoms with Gasteiger partial charge in [-0.05, 0) is 66.2 Å². The summed E-state index contributed by atoms with van der Waals surface area (Å²) in [6.07, 6.45) is -0.671. The van der Waals surface area contributed by atoms with E-state index in [1.807, 2.05) is 0 Å². The molecular formula is C18H28F2N2O3S. The maximum atomic E-state index is 13.7. The minimum Gasteiger partial charge on any atom is -0.598 e. The summed E-state index contributed by atoms with van der Waals surface area (Å²) in [7, 11) is 0. The summed E-state index contributed by atoms with van der Waals surface area (Å²) in [5.74, 6) is -1.50. The van der Waals surface area contributed by atoms with Crippen LogP contribution in [0.25, 0.3) is 0 Å². The Hall–Kier alpha value is -1.38. The summed E-state index contributed by atoms with van der Waals surface area (Å²) >= 11 is -1.52. The van der Waals surface area contributed by atoms with E-state index >= 15 is 0 Å². The van der Waals surface area contributed by atoms with Gasteiger partial charge in [0.1, 0.15) is 22.0 Å². The predicted octanol–water partition coefficient (Wildman–Crippen LogP) is 3.97. The Morgan fingerprint density at radius 2 is 1.62 bits per heavy atom. The van der Waals surface area contributed by atoms with Crippen molar-refractivity contribution in [3.8, 4) is 0 Å². The normalized spacial score (nSPS) is 15.9. The highest BCUT2D eigenvalue weighted by Gasteiger charge is 2.33. The van der Waals surface area contributed by atoms with E-state index in [4.69, 9.17) is 4.74 Å². The van der Waals surface area contributed by atoms with Crippen LogP contribution < -0.4 is 10.0 Å². The maximum absolute atomic E-state index is 13.7. The third kappa shape index (κ3) is 7.47. The number of amides is 1. The first-order chi connectivity index (χ1) is 11.7. The van der Waals surface area contributed by atoms with Gasteiger partial charge in [0.25, 0.3) is 0 Å². The molecule has 0 radical (unpaired) electrons. The van der Waals surface area contributed by atoms with Gasteiger partial charge < -0.3 is 14.6 Å². The van der Waals surface area contributed by atoms with Gasteiger partial charge in [-0.3, -0.25) is 0 Å². The van der Waals surface area contributed by atoms with Crippen molar-refractivity contribution < 1.29 is 22.9 Å². The predicted molar refractivity (Wildman–Crippen MR) is 99.0 cm³/mol. The van der Waals surface area contributed by atoms with Gasteiger partial charge in [-0.1, -0.05) is 0 Å². The number of ether oxygens (including phenoxy) is 1. The van der Waals surface area contributed by atoms with Crippen molar-refractivity contribution >= 4 is 17.5 Å². The van der Waals surface area contributed by atoms with Gasteiger partial charge in [0.15, 0.2) is 0 Å². The third-order valence-corrected chi connectivity index (χ3v) is 4.86. The second-order valence-electron chi connectivity index (χ2n) is 8.11. The molecule has 0 fully saturated rings. The van der Waals surface area contributed by atoms with Crippen molar-refractivity contribution in [1.29, 1.82) is 0 Å². The zero-order chi connectivity index (χ0) is 20.3. The standard InChI is InChI=1S/C18H28F2N2O3S/c1-11(21-16(23)25-17(2,3)4)15(22-26(24)18(5,6)7)12-8-13(19)10-14(20)9-12/h8-11,15,22H,1-7H3,(H,21,23)/t11-,15-,26?/m0/s1. The van der Waals surface area contributed by atoms with Gasteiger partial charge in [0.05, 0.1) is 12.1 Å². The molecule has 148 valence electrons. The van der Waals surface area contributed by atoms with Crippen LogP contribution in [0.3, 0.4) is 0 Å². The number of hydrogen-bond donors (Lipinski definition) is 2. The first kappa shape index (κ1) is 22.7. The lowest BCUT2D eigenvalue weighted by molar-refractivity contribution is 0.0500. The molecule has 0 aliphatic carbocycles. The Labute approximate surface area is 157 Å². The Balaban J connectivity index is 3.08. The van der Waals surface area contributed by atoms with Crippen LogP contribution in [0.2, 0.25) is 0 Å². The summed E-state index contributed by atoms with van der Waals surface area (Å²) in [5, 5.41) is 2.63. The van der Waals surface area contributed by atoms with Crippen LogP contribution in [0.4, 0.5) is 13.6 Å². The average molecular weight is 390 g/mol. The summed E-state index contributed by atoms with van der Waals surface area (Å²) in [5.41, 5.74) is -0.449. The van der Waals surface area contributed by atoms with Crippen LogP contribution in [-0.4, -0.2) is 27.0 Å². The van der Waals surface area contributed by atoms with Crippen molar-refractivity contribution in [1.82, 2.24) is 10.0 Å². The number of nitrogens with one attached hydrogen (secondary N) is 2. The lowest BCUT2D eigenvalue weighted by atomic mass is 10.0. The fraction of sp³-hybridized carbons (Fsp3) is 0.611. The molecule has 0 bridgehead atoms. The molecule has 1 rings (SSSR count). The summed E-state index contributed by atoms with van der Waals surface area (Å²) < 4.78 is 47.3. The molecule has 0 heterocycles. The smallest absolute Gasteiger partial charge is 0.407 e. The van der Waals surface area contributed by atoms with Crippen LogP contribution in [0.1, 0.15) is 60.1 Å². The van der Waals surface area contributed by atoms with Gasteiger partial charge in [0.2, 0.25) is 0 Å². The highest BCUT2D eigenvalue weighted by atomic mass is 32.2. The van der Waals surface area contributed by atoms with E-state index in [1.54, 1.807) is 48.5 Å². The molecule has 8 heteroatoms. The second kappa shape index (κ2) is 8.54. The first-order valence-corrected chi connectivity index (χ1v) is 9.47. The van der Waals surface area contributed by atoms with E-state index in [0.717, 1.165) is 18.2 Å². The molecule has 2 N–H and O–H groups in total. The molecule has 0 aliphatic rings. The molecule has 26 heavy (non-hydrogen) atoms. The average Bonchev–Trinajstić information content (AvgIpc) is 2.39. The molecule has 5 nitrogen and oxygen atoms in total. The number of halogens is 2. The summed E-state index contributed by atoms with van der Waals surface area (Å²) in [4.78, 5) is 12.0. The highest BCUT2D eigenvalue weighted by molar-refractivity contribution is 7.90. The monoisotopic (exact) mass is 390 g/mol. The minimum absolute atomic E-state index is 0.239. The molecule has 0 aromatic heterocycles. The molecule has 1 unspecified atom stereocenters. The van der Waals surface area contributed by atoms with E-state index in [1.165, 1.54) is 0 Å². The Morgan fingerprint density at radius 3 is 2.04 bits per heavy atom. The van der Waals surface area contributed by atoms with Gasteiger partial charge in [-0.25, -0.2) is 13.6 Å².